The maximum Gasteiger partial charge on any atom is 0.255 e. The van der Waals surface area contributed by atoms with Gasteiger partial charge in [0.25, 0.3) is 5.91 Å². The highest BCUT2D eigenvalue weighted by Gasteiger charge is 2.30. The van der Waals surface area contributed by atoms with Crippen molar-refractivity contribution in [3.8, 4) is 0 Å². The normalized spacial score (nSPS) is 22.2. The van der Waals surface area contributed by atoms with Crippen molar-refractivity contribution in [2.45, 2.75) is 19.4 Å². The number of oxime groups is 1. The molecule has 0 spiro atoms. The molecule has 2 atom stereocenters. The average molecular weight is 384 g/mol. The number of carbonyl (C=O) groups excluding carboxylic acids is 1. The van der Waals surface area contributed by atoms with Crippen LogP contribution >= 0.6 is 11.6 Å². The molecule has 1 aliphatic heterocycles. The number of carbonyl (C=O) groups is 1. The van der Waals surface area contributed by atoms with Crippen LogP contribution in [-0.2, 0) is 11.3 Å². The highest BCUT2D eigenvalue weighted by molar-refractivity contribution is 6.29. The quantitative estimate of drug-likeness (QED) is 0.734. The Bertz CT molecular complexity index is 1050. The maximum absolute atomic E-state index is 12.6. The number of imidazole rings is 1. The zero-order valence-corrected chi connectivity index (χ0v) is 15.5. The Balaban J connectivity index is 1.43. The van der Waals surface area contributed by atoms with E-state index < -0.39 is 6.08 Å². The Morgan fingerprint density at radius 2 is 2.15 bits per heavy atom. The molecule has 4 rings (SSSR count). The van der Waals surface area contributed by atoms with E-state index in [-0.39, 0.29) is 18.4 Å². The lowest BCUT2D eigenvalue weighted by Crippen LogP contribution is -2.34. The molecule has 0 saturated carbocycles. The standard InChI is InChI=1S/C20H19ClN4O2/c1-13-16(24-27-17(13)10-14-6-3-2-4-7-14)11-23-20(26)15-8-5-9-25-18(21)12-22-19(15)25/h2-9,12-13,17H,10-11H2,1H3,(H,23,26)/i17D. The summed E-state index contributed by atoms with van der Waals surface area (Å²) in [5, 5.41) is 7.35. The fraction of sp³-hybridized carbons (Fsp3) is 0.250. The number of nitrogens with zero attached hydrogens (tertiary/aromatic N) is 3. The van der Waals surface area contributed by atoms with Crippen molar-refractivity contribution in [2.24, 2.45) is 11.1 Å². The Hall–Kier alpha value is -2.86. The van der Waals surface area contributed by atoms with Gasteiger partial charge in [-0.15, -0.1) is 0 Å². The van der Waals surface area contributed by atoms with Gasteiger partial charge in [0.1, 0.15) is 11.2 Å². The number of amides is 1. The molecule has 1 N–H and O–H groups in total. The molecule has 0 aliphatic carbocycles. The topological polar surface area (TPSA) is 68.0 Å². The summed E-state index contributed by atoms with van der Waals surface area (Å²) in [6.07, 6.45) is 2.49. The molecule has 2 aromatic heterocycles. The fourth-order valence-corrected chi connectivity index (χ4v) is 3.24. The number of rotatable bonds is 5. The lowest BCUT2D eigenvalue weighted by molar-refractivity contribution is 0.0660. The van der Waals surface area contributed by atoms with Gasteiger partial charge in [-0.2, -0.15) is 0 Å². The third kappa shape index (κ3) is 3.53. The molecule has 6 nitrogen and oxygen atoms in total. The van der Waals surface area contributed by atoms with Gasteiger partial charge in [-0.3, -0.25) is 9.20 Å². The molecule has 7 heteroatoms. The SMILES string of the molecule is [2H]C1(Cc2ccccc2)ON=C(CNC(=O)c2cccn3c(Cl)cnc23)C1C. The van der Waals surface area contributed by atoms with E-state index in [1.54, 1.807) is 22.7 Å². The van der Waals surface area contributed by atoms with Gasteiger partial charge in [0.05, 0.1) is 25.4 Å². The first-order valence-corrected chi connectivity index (χ1v) is 9.04. The lowest BCUT2D eigenvalue weighted by atomic mass is 9.94. The smallest absolute Gasteiger partial charge is 0.255 e. The van der Waals surface area contributed by atoms with E-state index in [0.29, 0.717) is 28.5 Å². The molecular weight excluding hydrogens is 364 g/mol. The molecule has 1 aliphatic rings. The molecule has 0 fully saturated rings. The number of pyridine rings is 1. The van der Waals surface area contributed by atoms with Crippen LogP contribution < -0.4 is 5.32 Å². The van der Waals surface area contributed by atoms with Gasteiger partial charge < -0.3 is 10.2 Å². The van der Waals surface area contributed by atoms with E-state index in [9.17, 15) is 4.79 Å². The first-order chi connectivity index (χ1) is 13.5. The average Bonchev–Trinajstić information content (AvgIpc) is 3.21. The minimum absolute atomic E-state index is 0.199. The van der Waals surface area contributed by atoms with Crippen LogP contribution in [0.5, 0.6) is 0 Å². The third-order valence-electron chi connectivity index (χ3n) is 4.65. The van der Waals surface area contributed by atoms with E-state index in [4.69, 9.17) is 17.8 Å². The first kappa shape index (κ1) is 16.3. The van der Waals surface area contributed by atoms with Gasteiger partial charge in [0, 0.05) is 18.5 Å². The molecule has 0 bridgehead atoms. The maximum atomic E-state index is 12.6. The van der Waals surface area contributed by atoms with Gasteiger partial charge in [-0.05, 0) is 17.7 Å². The van der Waals surface area contributed by atoms with E-state index in [0.717, 1.165) is 5.56 Å². The Morgan fingerprint density at radius 3 is 2.96 bits per heavy atom. The number of aromatic nitrogens is 2. The predicted molar refractivity (Wildman–Crippen MR) is 104 cm³/mol. The van der Waals surface area contributed by atoms with Crippen LogP contribution in [0.4, 0.5) is 0 Å². The number of hydrogen-bond donors (Lipinski definition) is 1. The number of benzene rings is 1. The monoisotopic (exact) mass is 383 g/mol. The summed E-state index contributed by atoms with van der Waals surface area (Å²) in [6, 6.07) is 13.2. The number of halogens is 1. The molecule has 1 aromatic carbocycles. The van der Waals surface area contributed by atoms with Crippen molar-refractivity contribution in [1.82, 2.24) is 14.7 Å². The van der Waals surface area contributed by atoms with Crippen molar-refractivity contribution in [3.63, 3.8) is 0 Å². The molecule has 3 heterocycles. The summed E-state index contributed by atoms with van der Waals surface area (Å²) in [7, 11) is 0. The van der Waals surface area contributed by atoms with Crippen molar-refractivity contribution in [3.05, 3.63) is 71.1 Å². The van der Waals surface area contributed by atoms with Crippen molar-refractivity contribution in [2.75, 3.05) is 6.54 Å². The zero-order chi connectivity index (χ0) is 19.7. The van der Waals surface area contributed by atoms with E-state index in [1.807, 2.05) is 37.3 Å². The minimum Gasteiger partial charge on any atom is -0.391 e. The van der Waals surface area contributed by atoms with Crippen LogP contribution in [0.2, 0.25) is 5.15 Å². The van der Waals surface area contributed by atoms with Crippen LogP contribution in [0, 0.1) is 5.92 Å². The van der Waals surface area contributed by atoms with E-state index in [1.165, 1.54) is 6.20 Å². The van der Waals surface area contributed by atoms with Gasteiger partial charge in [-0.25, -0.2) is 4.98 Å². The molecule has 2 unspecified atom stereocenters. The van der Waals surface area contributed by atoms with Crippen LogP contribution in [0.3, 0.4) is 0 Å². The van der Waals surface area contributed by atoms with Crippen molar-refractivity contribution >= 4 is 28.9 Å². The van der Waals surface area contributed by atoms with Gasteiger partial charge >= 0.3 is 0 Å². The minimum atomic E-state index is -1.18. The van der Waals surface area contributed by atoms with Crippen LogP contribution in [0.15, 0.2) is 60.0 Å². The summed E-state index contributed by atoms with van der Waals surface area (Å²) in [5.74, 6) is -0.544. The highest BCUT2D eigenvalue weighted by Crippen LogP contribution is 2.22. The molecule has 0 radical (unpaired) electrons. The zero-order valence-electron chi connectivity index (χ0n) is 15.7. The summed E-state index contributed by atoms with van der Waals surface area (Å²) >= 11 is 6.06. The molecule has 27 heavy (non-hydrogen) atoms. The molecule has 138 valence electrons. The van der Waals surface area contributed by atoms with Crippen LogP contribution in [-0.4, -0.2) is 33.6 Å². The number of nitrogens with one attached hydrogen (secondary N) is 1. The Kier molecular flexibility index (Phi) is 4.48. The molecule has 1 amide bonds. The van der Waals surface area contributed by atoms with Crippen LogP contribution in [0.25, 0.3) is 5.65 Å². The molecule has 3 aromatic rings. The first-order valence-electron chi connectivity index (χ1n) is 9.16. The third-order valence-corrected chi connectivity index (χ3v) is 4.93. The van der Waals surface area contributed by atoms with Gasteiger partial charge in [0.15, 0.2) is 5.65 Å². The summed E-state index contributed by atoms with van der Waals surface area (Å²) in [5.41, 5.74) is 2.55. The summed E-state index contributed by atoms with van der Waals surface area (Å²) in [6.45, 7) is 2.09. The second kappa shape index (κ2) is 7.40. The second-order valence-corrected chi connectivity index (χ2v) is 6.79. The van der Waals surface area contributed by atoms with Crippen molar-refractivity contribution in [1.29, 1.82) is 0 Å². The Morgan fingerprint density at radius 1 is 1.33 bits per heavy atom. The molecular formula is C20H19ClN4O2. The predicted octanol–water partition coefficient (Wildman–Crippen LogP) is 3.35. The summed E-state index contributed by atoms with van der Waals surface area (Å²) in [4.78, 5) is 22.3. The van der Waals surface area contributed by atoms with Gasteiger partial charge in [-0.1, -0.05) is 54.0 Å². The largest absolute Gasteiger partial charge is 0.391 e. The van der Waals surface area contributed by atoms with E-state index in [2.05, 4.69) is 15.5 Å². The highest BCUT2D eigenvalue weighted by atomic mass is 35.5. The van der Waals surface area contributed by atoms with Crippen LogP contribution in [0.1, 0.15) is 24.2 Å². The summed E-state index contributed by atoms with van der Waals surface area (Å²) < 4.78 is 10.3. The lowest BCUT2D eigenvalue weighted by Gasteiger charge is -2.15. The fourth-order valence-electron chi connectivity index (χ4n) is 3.05. The Labute approximate surface area is 163 Å². The van der Waals surface area contributed by atoms with Gasteiger partial charge in [0.2, 0.25) is 0 Å². The second-order valence-electron chi connectivity index (χ2n) is 6.40. The number of hydrogen-bond acceptors (Lipinski definition) is 4. The number of fused-ring (bicyclic) bond motifs is 1. The van der Waals surface area contributed by atoms with E-state index >= 15 is 0 Å². The molecule has 0 saturated heterocycles. The van der Waals surface area contributed by atoms with Crippen molar-refractivity contribution < 1.29 is 11.0 Å².